The lowest BCUT2D eigenvalue weighted by Gasteiger charge is -2.08. The van der Waals surface area contributed by atoms with E-state index in [0.717, 1.165) is 45.1 Å². The van der Waals surface area contributed by atoms with Crippen LogP contribution in [-0.2, 0) is 0 Å². The maximum atomic E-state index is 13.4. The highest BCUT2D eigenvalue weighted by Crippen LogP contribution is 2.30. The maximum Gasteiger partial charge on any atom is 0.291 e. The maximum absolute atomic E-state index is 13.4. The van der Waals surface area contributed by atoms with Crippen LogP contribution in [-0.4, -0.2) is 38.1 Å². The molecule has 0 saturated carbocycles. The van der Waals surface area contributed by atoms with Gasteiger partial charge in [-0.2, -0.15) is 14.6 Å². The van der Waals surface area contributed by atoms with Crippen molar-refractivity contribution >= 4 is 22.4 Å². The Morgan fingerprint density at radius 3 is 2.44 bits per heavy atom. The summed E-state index contributed by atoms with van der Waals surface area (Å²) in [6, 6.07) is 23.3. The van der Waals surface area contributed by atoms with E-state index in [0.29, 0.717) is 21.9 Å². The Bertz CT molecular complexity index is 1890. The Kier molecular flexibility index (Phi) is 6.42. The van der Waals surface area contributed by atoms with E-state index in [-0.39, 0.29) is 5.56 Å². The summed E-state index contributed by atoms with van der Waals surface area (Å²) in [5.74, 6) is 2.05. The molecule has 0 spiro atoms. The average Bonchev–Trinajstić information content (AvgIpc) is 3.65. The number of ether oxygens (including phenoxy) is 2. The van der Waals surface area contributed by atoms with Gasteiger partial charge in [0.05, 0.1) is 23.9 Å². The standard InChI is InChI=1S/C30H25N5O3S/c1-4-38-24-14-15-25(19(2)16-24)27-21(18-34(32-27)22-8-6-5-7-9-22)17-26-29(36)35-30(39-26)31-28(33-35)20-10-12-23(37-3)13-11-20/h5-18H,4H2,1-3H3. The molecule has 0 aliphatic carbocycles. The molecule has 6 aromatic rings. The number of methoxy groups -OCH3 is 1. The lowest BCUT2D eigenvalue weighted by atomic mass is 10.0. The summed E-state index contributed by atoms with van der Waals surface area (Å²) in [4.78, 5) is 18.5. The van der Waals surface area contributed by atoms with Gasteiger partial charge < -0.3 is 9.47 Å². The zero-order chi connectivity index (χ0) is 26.9. The molecule has 3 heterocycles. The fourth-order valence-electron chi connectivity index (χ4n) is 4.41. The first-order chi connectivity index (χ1) is 19.0. The molecule has 0 atom stereocenters. The zero-order valence-electron chi connectivity index (χ0n) is 21.7. The minimum atomic E-state index is -0.218. The molecule has 3 aromatic heterocycles. The van der Waals surface area contributed by atoms with Crippen molar-refractivity contribution in [1.82, 2.24) is 24.4 Å². The number of fused-ring (bicyclic) bond motifs is 1. The van der Waals surface area contributed by atoms with Crippen molar-refractivity contribution in [3.63, 3.8) is 0 Å². The first kappa shape index (κ1) is 24.6. The van der Waals surface area contributed by atoms with Gasteiger partial charge in [0.15, 0.2) is 5.82 Å². The van der Waals surface area contributed by atoms with Crippen LogP contribution in [0.25, 0.3) is 39.4 Å². The summed E-state index contributed by atoms with van der Waals surface area (Å²) in [5.41, 5.74) is 5.12. The number of para-hydroxylation sites is 1. The van der Waals surface area contributed by atoms with Gasteiger partial charge in [0, 0.05) is 22.9 Å². The molecule has 0 aliphatic heterocycles. The number of nitrogens with zero attached hydrogens (tertiary/aromatic N) is 5. The van der Waals surface area contributed by atoms with Gasteiger partial charge in [-0.15, -0.1) is 5.10 Å². The largest absolute Gasteiger partial charge is 0.497 e. The van der Waals surface area contributed by atoms with Gasteiger partial charge in [0.2, 0.25) is 4.96 Å². The molecule has 0 fully saturated rings. The van der Waals surface area contributed by atoms with E-state index < -0.39 is 0 Å². The second kappa shape index (κ2) is 10.2. The van der Waals surface area contributed by atoms with E-state index >= 15 is 0 Å². The van der Waals surface area contributed by atoms with Crippen LogP contribution in [0.5, 0.6) is 11.5 Å². The summed E-state index contributed by atoms with van der Waals surface area (Å²) in [6.45, 7) is 4.60. The molecular weight excluding hydrogens is 510 g/mol. The quantitative estimate of drug-likeness (QED) is 0.288. The van der Waals surface area contributed by atoms with Crippen molar-refractivity contribution in [2.45, 2.75) is 13.8 Å². The van der Waals surface area contributed by atoms with Crippen LogP contribution in [0, 0.1) is 6.92 Å². The molecular formula is C30H25N5O3S. The van der Waals surface area contributed by atoms with E-state index in [2.05, 4.69) is 10.1 Å². The van der Waals surface area contributed by atoms with Crippen molar-refractivity contribution in [3.8, 4) is 39.8 Å². The fourth-order valence-corrected chi connectivity index (χ4v) is 5.31. The molecule has 0 saturated heterocycles. The predicted molar refractivity (Wildman–Crippen MR) is 153 cm³/mol. The van der Waals surface area contributed by atoms with Gasteiger partial charge in [-0.1, -0.05) is 29.5 Å². The number of hydrogen-bond acceptors (Lipinski definition) is 7. The molecule has 0 bridgehead atoms. The molecule has 0 radical (unpaired) electrons. The van der Waals surface area contributed by atoms with Crippen molar-refractivity contribution < 1.29 is 9.47 Å². The van der Waals surface area contributed by atoms with Gasteiger partial charge in [-0.25, -0.2) is 4.68 Å². The van der Waals surface area contributed by atoms with E-state index in [4.69, 9.17) is 14.6 Å². The lowest BCUT2D eigenvalue weighted by molar-refractivity contribution is 0.340. The molecule has 0 amide bonds. The molecule has 0 N–H and O–H groups in total. The third kappa shape index (κ3) is 4.68. The lowest BCUT2D eigenvalue weighted by Crippen LogP contribution is -2.23. The van der Waals surface area contributed by atoms with Gasteiger partial charge in [-0.3, -0.25) is 4.79 Å². The van der Waals surface area contributed by atoms with Gasteiger partial charge in [0.1, 0.15) is 17.2 Å². The molecule has 3 aromatic carbocycles. The summed E-state index contributed by atoms with van der Waals surface area (Å²) in [5, 5.41) is 9.40. The Labute approximate surface area is 228 Å². The molecule has 39 heavy (non-hydrogen) atoms. The Hall–Kier alpha value is -4.76. The van der Waals surface area contributed by atoms with E-state index in [1.54, 1.807) is 7.11 Å². The predicted octanol–water partition coefficient (Wildman–Crippen LogP) is 4.93. The summed E-state index contributed by atoms with van der Waals surface area (Å²) < 4.78 is 14.6. The van der Waals surface area contributed by atoms with Gasteiger partial charge in [-0.05, 0) is 80.1 Å². The summed E-state index contributed by atoms with van der Waals surface area (Å²) in [6.07, 6.45) is 3.81. The number of aryl methyl sites for hydroxylation is 1. The Balaban J connectivity index is 1.46. The smallest absolute Gasteiger partial charge is 0.291 e. The van der Waals surface area contributed by atoms with Crippen LogP contribution in [0.4, 0.5) is 0 Å². The number of thiazole rings is 1. The minimum Gasteiger partial charge on any atom is -0.497 e. The number of rotatable bonds is 7. The van der Waals surface area contributed by atoms with Crippen LogP contribution >= 0.6 is 11.3 Å². The molecule has 0 unspecified atom stereocenters. The number of benzene rings is 3. The van der Waals surface area contributed by atoms with Crippen LogP contribution in [0.15, 0.2) is 83.8 Å². The van der Waals surface area contributed by atoms with Crippen molar-refractivity contribution in [1.29, 1.82) is 0 Å². The number of hydrogen-bond donors (Lipinski definition) is 0. The van der Waals surface area contributed by atoms with Crippen molar-refractivity contribution in [3.05, 3.63) is 105 Å². The second-order valence-electron chi connectivity index (χ2n) is 8.90. The number of aromatic nitrogens is 5. The van der Waals surface area contributed by atoms with Crippen molar-refractivity contribution in [2.24, 2.45) is 0 Å². The highest BCUT2D eigenvalue weighted by Gasteiger charge is 2.16. The zero-order valence-corrected chi connectivity index (χ0v) is 22.5. The highest BCUT2D eigenvalue weighted by molar-refractivity contribution is 7.15. The molecule has 0 aliphatic rings. The van der Waals surface area contributed by atoms with Crippen LogP contribution < -0.4 is 19.6 Å². The average molecular weight is 536 g/mol. The van der Waals surface area contributed by atoms with E-state index in [1.807, 2.05) is 104 Å². The fraction of sp³-hybridized carbons (Fsp3) is 0.133. The monoisotopic (exact) mass is 535 g/mol. The first-order valence-corrected chi connectivity index (χ1v) is 13.3. The van der Waals surface area contributed by atoms with Gasteiger partial charge in [0.25, 0.3) is 5.56 Å². The highest BCUT2D eigenvalue weighted by atomic mass is 32.1. The Morgan fingerprint density at radius 2 is 1.74 bits per heavy atom. The van der Waals surface area contributed by atoms with Gasteiger partial charge >= 0.3 is 0 Å². The van der Waals surface area contributed by atoms with Crippen LogP contribution in [0.2, 0.25) is 0 Å². The third-order valence-electron chi connectivity index (χ3n) is 6.34. The molecule has 6 rings (SSSR count). The van der Waals surface area contributed by atoms with Crippen LogP contribution in [0.3, 0.4) is 0 Å². The van der Waals surface area contributed by atoms with E-state index in [9.17, 15) is 4.79 Å². The molecule has 8 nitrogen and oxygen atoms in total. The SMILES string of the molecule is CCOc1ccc(-c2nn(-c3ccccc3)cc2C=c2sc3nc(-c4ccc(OC)cc4)nn3c2=O)c(C)c1. The van der Waals surface area contributed by atoms with E-state index in [1.165, 1.54) is 15.9 Å². The summed E-state index contributed by atoms with van der Waals surface area (Å²) in [7, 11) is 1.62. The minimum absolute atomic E-state index is 0.218. The Morgan fingerprint density at radius 1 is 0.974 bits per heavy atom. The molecule has 194 valence electrons. The normalized spacial score (nSPS) is 11.8. The third-order valence-corrected chi connectivity index (χ3v) is 7.30. The molecule has 9 heteroatoms. The summed E-state index contributed by atoms with van der Waals surface area (Å²) >= 11 is 1.30. The topological polar surface area (TPSA) is 83.5 Å². The first-order valence-electron chi connectivity index (χ1n) is 12.5. The second-order valence-corrected chi connectivity index (χ2v) is 9.91. The van der Waals surface area contributed by atoms with Crippen LogP contribution in [0.1, 0.15) is 18.1 Å². The van der Waals surface area contributed by atoms with Crippen molar-refractivity contribution in [2.75, 3.05) is 13.7 Å².